The summed E-state index contributed by atoms with van der Waals surface area (Å²) in [5.74, 6) is 0.534. The fourth-order valence-corrected chi connectivity index (χ4v) is 4.72. The number of rotatable bonds is 9. The van der Waals surface area contributed by atoms with Gasteiger partial charge < -0.3 is 10.1 Å². The Bertz CT molecular complexity index is 1170. The molecule has 0 spiro atoms. The number of H-pyrrole nitrogens is 1. The number of hydrogen-bond donors (Lipinski definition) is 2. The van der Waals surface area contributed by atoms with E-state index in [1.165, 1.54) is 45.1 Å². The first-order valence-electron chi connectivity index (χ1n) is 8.97. The molecule has 3 aromatic rings. The Balaban J connectivity index is 1.61. The minimum Gasteiger partial charge on any atom is -0.495 e. The van der Waals surface area contributed by atoms with E-state index in [2.05, 4.69) is 20.5 Å². The molecule has 2 aromatic heterocycles. The average molecular weight is 480 g/mol. The van der Waals surface area contributed by atoms with Crippen LogP contribution in [0.25, 0.3) is 12.2 Å². The summed E-state index contributed by atoms with van der Waals surface area (Å²) in [5, 5.41) is 12.0. The predicted octanol–water partition coefficient (Wildman–Crippen LogP) is 3.03. The van der Waals surface area contributed by atoms with Crippen molar-refractivity contribution in [3.63, 3.8) is 0 Å². The van der Waals surface area contributed by atoms with Crippen molar-refractivity contribution in [2.24, 2.45) is 0 Å². The molecule has 9 nitrogen and oxygen atoms in total. The van der Waals surface area contributed by atoms with Crippen LogP contribution in [0.2, 0.25) is 0 Å². The first kappa shape index (κ1) is 23.0. The van der Waals surface area contributed by atoms with Crippen molar-refractivity contribution < 1.29 is 17.9 Å². The number of aromatic nitrogens is 3. The maximum absolute atomic E-state index is 12.5. The lowest BCUT2D eigenvalue weighted by Gasteiger charge is -2.15. The highest BCUT2D eigenvalue weighted by Crippen LogP contribution is 2.29. The highest BCUT2D eigenvalue weighted by atomic mass is 32.2. The van der Waals surface area contributed by atoms with Crippen LogP contribution in [0.3, 0.4) is 0 Å². The first-order chi connectivity index (χ1) is 14.8. The number of hydrogen-bond acceptors (Lipinski definition) is 8. The van der Waals surface area contributed by atoms with Gasteiger partial charge in [0.05, 0.1) is 12.9 Å². The molecule has 31 heavy (non-hydrogen) atoms. The summed E-state index contributed by atoms with van der Waals surface area (Å²) in [6.45, 7) is 0. The van der Waals surface area contributed by atoms with E-state index in [0.29, 0.717) is 16.7 Å². The second-order valence-electron chi connectivity index (χ2n) is 6.34. The Morgan fingerprint density at radius 1 is 1.32 bits per heavy atom. The summed E-state index contributed by atoms with van der Waals surface area (Å²) in [6.07, 6.45) is 3.74. The molecule has 164 valence electrons. The Morgan fingerprint density at radius 2 is 2.13 bits per heavy atom. The number of anilines is 1. The number of aromatic amines is 1. The number of sulfonamides is 1. The van der Waals surface area contributed by atoms with Crippen molar-refractivity contribution in [1.29, 1.82) is 0 Å². The summed E-state index contributed by atoms with van der Waals surface area (Å²) < 4.78 is 31.2. The Kier molecular flexibility index (Phi) is 7.49. The number of methoxy groups -OCH3 is 1. The van der Waals surface area contributed by atoms with E-state index in [4.69, 9.17) is 4.74 Å². The molecule has 1 aromatic carbocycles. The molecule has 0 saturated heterocycles. The monoisotopic (exact) mass is 479 g/mol. The molecule has 2 N–H and O–H groups in total. The lowest BCUT2D eigenvalue weighted by atomic mass is 10.3. The van der Waals surface area contributed by atoms with Gasteiger partial charge in [-0.25, -0.2) is 17.7 Å². The zero-order chi connectivity index (χ0) is 22.4. The number of thiophene rings is 1. The number of carbonyl (C=O) groups excluding carboxylic acids is 1. The Labute approximate surface area is 188 Å². The first-order valence-corrected chi connectivity index (χ1v) is 12.3. The topological polar surface area (TPSA) is 117 Å². The molecule has 0 aliphatic heterocycles. The van der Waals surface area contributed by atoms with Crippen molar-refractivity contribution in [2.75, 3.05) is 32.3 Å². The van der Waals surface area contributed by atoms with Crippen molar-refractivity contribution in [3.8, 4) is 5.75 Å². The van der Waals surface area contributed by atoms with Crippen LogP contribution in [0, 0.1) is 0 Å². The predicted molar refractivity (Wildman–Crippen MR) is 123 cm³/mol. The van der Waals surface area contributed by atoms with Gasteiger partial charge in [0.2, 0.25) is 21.1 Å². The smallest absolute Gasteiger partial charge is 0.246 e. The van der Waals surface area contributed by atoms with Gasteiger partial charge in [0, 0.05) is 24.7 Å². The van der Waals surface area contributed by atoms with Gasteiger partial charge in [-0.15, -0.1) is 16.4 Å². The van der Waals surface area contributed by atoms with Crippen LogP contribution < -0.4 is 10.1 Å². The van der Waals surface area contributed by atoms with Crippen LogP contribution in [0.15, 0.2) is 45.8 Å². The van der Waals surface area contributed by atoms with Crippen molar-refractivity contribution in [1.82, 2.24) is 19.5 Å². The van der Waals surface area contributed by atoms with E-state index in [9.17, 15) is 13.2 Å². The van der Waals surface area contributed by atoms with E-state index in [-0.39, 0.29) is 22.3 Å². The molecular weight excluding hydrogens is 458 g/mol. The SMILES string of the molecule is COc1ccc(NC(=O)CSc2n[nH]c(/C=C/c3cccs3)n2)cc1S(=O)(=O)N(C)C. The third-order valence-corrected chi connectivity index (χ3v) is 7.49. The van der Waals surface area contributed by atoms with E-state index < -0.39 is 10.0 Å². The second kappa shape index (κ2) is 10.1. The number of amides is 1. The molecule has 0 fully saturated rings. The number of thioether (sulfide) groups is 1. The van der Waals surface area contributed by atoms with Gasteiger partial charge in [-0.1, -0.05) is 17.8 Å². The van der Waals surface area contributed by atoms with Crippen LogP contribution in [0.5, 0.6) is 5.75 Å². The summed E-state index contributed by atoms with van der Waals surface area (Å²) in [7, 11) is 0.514. The van der Waals surface area contributed by atoms with E-state index in [0.717, 1.165) is 9.18 Å². The van der Waals surface area contributed by atoms with Gasteiger partial charge in [-0.3, -0.25) is 9.89 Å². The highest BCUT2D eigenvalue weighted by molar-refractivity contribution is 7.99. The molecule has 0 radical (unpaired) electrons. The summed E-state index contributed by atoms with van der Waals surface area (Å²) in [5.41, 5.74) is 0.349. The van der Waals surface area contributed by atoms with Gasteiger partial charge in [0.1, 0.15) is 16.5 Å². The normalized spacial score (nSPS) is 11.9. The van der Waals surface area contributed by atoms with Gasteiger partial charge in [-0.05, 0) is 41.8 Å². The van der Waals surface area contributed by atoms with Crippen LogP contribution in [0.1, 0.15) is 10.7 Å². The Morgan fingerprint density at radius 3 is 2.81 bits per heavy atom. The number of nitrogens with one attached hydrogen (secondary N) is 2. The lowest BCUT2D eigenvalue weighted by molar-refractivity contribution is -0.113. The van der Waals surface area contributed by atoms with Crippen LogP contribution in [-0.4, -0.2) is 60.8 Å². The maximum atomic E-state index is 12.5. The molecule has 2 heterocycles. The molecule has 0 unspecified atom stereocenters. The highest BCUT2D eigenvalue weighted by Gasteiger charge is 2.23. The van der Waals surface area contributed by atoms with Crippen LogP contribution in [0.4, 0.5) is 5.69 Å². The minimum atomic E-state index is -3.73. The fraction of sp³-hybridized carbons (Fsp3) is 0.211. The fourth-order valence-electron chi connectivity index (χ4n) is 2.42. The third kappa shape index (κ3) is 5.94. The van der Waals surface area contributed by atoms with E-state index in [1.54, 1.807) is 17.4 Å². The molecule has 0 atom stereocenters. The third-order valence-electron chi connectivity index (χ3n) is 3.97. The summed E-state index contributed by atoms with van der Waals surface area (Å²) >= 11 is 2.78. The Hall–Kier alpha value is -2.67. The molecule has 1 amide bonds. The molecule has 0 aliphatic rings. The number of benzene rings is 1. The molecule has 0 saturated carbocycles. The number of ether oxygens (including phenoxy) is 1. The van der Waals surface area contributed by atoms with Crippen LogP contribution >= 0.6 is 23.1 Å². The molecule has 0 bridgehead atoms. The van der Waals surface area contributed by atoms with Gasteiger partial charge in [-0.2, -0.15) is 0 Å². The molecule has 0 aliphatic carbocycles. The summed E-state index contributed by atoms with van der Waals surface area (Å²) in [6, 6.07) is 8.41. The second-order valence-corrected chi connectivity index (χ2v) is 10.4. The molecule has 3 rings (SSSR count). The quantitative estimate of drug-likeness (QED) is 0.453. The van der Waals surface area contributed by atoms with Gasteiger partial charge in [0.25, 0.3) is 0 Å². The largest absolute Gasteiger partial charge is 0.495 e. The zero-order valence-electron chi connectivity index (χ0n) is 17.0. The molecule has 12 heteroatoms. The average Bonchev–Trinajstić information content (AvgIpc) is 3.42. The van der Waals surface area contributed by atoms with Gasteiger partial charge in [0.15, 0.2) is 0 Å². The van der Waals surface area contributed by atoms with Crippen molar-refractivity contribution >= 4 is 56.9 Å². The summed E-state index contributed by atoms with van der Waals surface area (Å²) in [4.78, 5) is 17.7. The van der Waals surface area contributed by atoms with Gasteiger partial charge >= 0.3 is 0 Å². The van der Waals surface area contributed by atoms with Crippen molar-refractivity contribution in [3.05, 3.63) is 46.4 Å². The minimum absolute atomic E-state index is 0.0263. The zero-order valence-corrected chi connectivity index (χ0v) is 19.5. The standard InChI is InChI=1S/C19H21N5O4S3/c1-24(2)31(26,27)16-11-13(6-8-15(16)28-3)20-18(25)12-30-19-21-17(22-23-19)9-7-14-5-4-10-29-14/h4-11H,12H2,1-3H3,(H,20,25)(H,21,22,23)/b9-7+. The van der Waals surface area contributed by atoms with E-state index >= 15 is 0 Å². The maximum Gasteiger partial charge on any atom is 0.246 e. The van der Waals surface area contributed by atoms with E-state index in [1.807, 2.05) is 29.7 Å². The number of nitrogens with zero attached hydrogens (tertiary/aromatic N) is 3. The van der Waals surface area contributed by atoms with Crippen LogP contribution in [-0.2, 0) is 14.8 Å². The molecular formula is C19H21N5O4S3. The van der Waals surface area contributed by atoms with Crippen molar-refractivity contribution in [2.45, 2.75) is 10.1 Å². The lowest BCUT2D eigenvalue weighted by Crippen LogP contribution is -2.23. The number of carbonyl (C=O) groups is 1.